The molecular formula is C23H24N2O5. The molecule has 1 aromatic heterocycles. The number of carbonyl (C=O) groups excluding carboxylic acids is 2. The van der Waals surface area contributed by atoms with Crippen molar-refractivity contribution >= 4 is 28.9 Å². The van der Waals surface area contributed by atoms with Crippen LogP contribution in [0.4, 0.5) is 0 Å². The van der Waals surface area contributed by atoms with Crippen molar-refractivity contribution in [1.29, 1.82) is 0 Å². The van der Waals surface area contributed by atoms with Crippen LogP contribution in [0.15, 0.2) is 54.4 Å². The van der Waals surface area contributed by atoms with E-state index in [1.54, 1.807) is 31.2 Å². The Hall–Kier alpha value is -3.74. The minimum atomic E-state index is -0.612. The predicted octanol–water partition coefficient (Wildman–Crippen LogP) is 3.53. The summed E-state index contributed by atoms with van der Waals surface area (Å²) in [5.41, 5.74) is 2.18. The summed E-state index contributed by atoms with van der Waals surface area (Å²) in [5, 5.41) is 3.63. The Balaban J connectivity index is 1.97. The number of benzene rings is 2. The van der Waals surface area contributed by atoms with Crippen molar-refractivity contribution in [2.75, 3.05) is 20.8 Å². The Bertz CT molecular complexity index is 1110. The zero-order chi connectivity index (χ0) is 21.7. The fourth-order valence-electron chi connectivity index (χ4n) is 3.17. The number of fused-ring (bicyclic) bond motifs is 1. The molecule has 0 aliphatic rings. The molecule has 0 bridgehead atoms. The lowest BCUT2D eigenvalue weighted by Crippen LogP contribution is -2.28. The highest BCUT2D eigenvalue weighted by Gasteiger charge is 2.18. The number of hydrogen-bond donors (Lipinski definition) is 1. The van der Waals surface area contributed by atoms with Crippen molar-refractivity contribution in [3.05, 3.63) is 65.5 Å². The third-order valence-electron chi connectivity index (χ3n) is 4.62. The normalized spacial score (nSPS) is 11.3. The molecule has 1 amide bonds. The van der Waals surface area contributed by atoms with Gasteiger partial charge in [0.25, 0.3) is 5.91 Å². The van der Waals surface area contributed by atoms with Crippen molar-refractivity contribution in [2.24, 2.45) is 7.05 Å². The molecule has 30 heavy (non-hydrogen) atoms. The smallest absolute Gasteiger partial charge is 0.354 e. The van der Waals surface area contributed by atoms with Gasteiger partial charge in [-0.2, -0.15) is 0 Å². The van der Waals surface area contributed by atoms with Crippen molar-refractivity contribution in [2.45, 2.75) is 6.92 Å². The second kappa shape index (κ2) is 9.17. The molecule has 7 heteroatoms. The number of hydrogen-bond acceptors (Lipinski definition) is 5. The lowest BCUT2D eigenvalue weighted by atomic mass is 10.1. The van der Waals surface area contributed by atoms with Crippen LogP contribution in [0.5, 0.6) is 11.5 Å². The fraction of sp³-hybridized carbons (Fsp3) is 0.217. The highest BCUT2D eigenvalue weighted by molar-refractivity contribution is 6.05. The molecule has 0 saturated heterocycles. The summed E-state index contributed by atoms with van der Waals surface area (Å²) in [4.78, 5) is 25.4. The van der Waals surface area contributed by atoms with Crippen molar-refractivity contribution in [3.8, 4) is 11.5 Å². The Labute approximate surface area is 174 Å². The molecule has 0 spiro atoms. The maximum absolute atomic E-state index is 12.8. The third-order valence-corrected chi connectivity index (χ3v) is 4.62. The van der Waals surface area contributed by atoms with E-state index in [0.29, 0.717) is 17.1 Å². The van der Waals surface area contributed by atoms with Crippen LogP contribution in [0, 0.1) is 0 Å². The number of methoxy groups -OCH3 is 2. The number of aryl methyl sites for hydroxylation is 1. The molecule has 0 aliphatic heterocycles. The van der Waals surface area contributed by atoms with Crippen molar-refractivity contribution < 1.29 is 23.8 Å². The molecular weight excluding hydrogens is 384 g/mol. The molecule has 0 radical (unpaired) electrons. The van der Waals surface area contributed by atoms with E-state index in [4.69, 9.17) is 14.2 Å². The Morgan fingerprint density at radius 2 is 1.80 bits per heavy atom. The van der Waals surface area contributed by atoms with Gasteiger partial charge in [-0.25, -0.2) is 4.79 Å². The summed E-state index contributed by atoms with van der Waals surface area (Å²) < 4.78 is 17.5. The Morgan fingerprint density at radius 1 is 1.07 bits per heavy atom. The van der Waals surface area contributed by atoms with E-state index in [9.17, 15) is 9.59 Å². The maximum atomic E-state index is 12.8. The van der Waals surface area contributed by atoms with Crippen LogP contribution < -0.4 is 14.8 Å². The van der Waals surface area contributed by atoms with Crippen molar-refractivity contribution in [3.63, 3.8) is 0 Å². The summed E-state index contributed by atoms with van der Waals surface area (Å²) in [7, 11) is 4.93. The molecule has 1 heterocycles. The molecule has 156 valence electrons. The average molecular weight is 408 g/mol. The van der Waals surface area contributed by atoms with Gasteiger partial charge in [0, 0.05) is 35.3 Å². The lowest BCUT2D eigenvalue weighted by molar-refractivity contribution is -0.138. The summed E-state index contributed by atoms with van der Waals surface area (Å²) in [6, 6.07) is 12.6. The fourth-order valence-corrected chi connectivity index (χ4v) is 3.17. The highest BCUT2D eigenvalue weighted by Crippen LogP contribution is 2.28. The summed E-state index contributed by atoms with van der Waals surface area (Å²) in [6.07, 6.45) is 3.52. The number of ether oxygens (including phenoxy) is 3. The predicted molar refractivity (Wildman–Crippen MR) is 115 cm³/mol. The van der Waals surface area contributed by atoms with Gasteiger partial charge in [-0.1, -0.05) is 18.2 Å². The Kier molecular flexibility index (Phi) is 6.41. The number of amides is 1. The first-order valence-electron chi connectivity index (χ1n) is 9.44. The van der Waals surface area contributed by atoms with Gasteiger partial charge in [-0.15, -0.1) is 0 Å². The first-order valence-corrected chi connectivity index (χ1v) is 9.44. The monoisotopic (exact) mass is 408 g/mol. The van der Waals surface area contributed by atoms with Crippen LogP contribution in [0.25, 0.3) is 17.0 Å². The second-order valence-electron chi connectivity index (χ2n) is 6.51. The molecule has 0 unspecified atom stereocenters. The van der Waals surface area contributed by atoms with Crippen LogP contribution in [0.2, 0.25) is 0 Å². The standard InChI is InChI=1S/C23H24N2O5/c1-5-30-23(27)18(12-16-14-25(2)19-9-7-6-8-17(16)19)24-22(26)15-10-11-20(28-3)21(13-15)29-4/h6-14H,5H2,1-4H3,(H,24,26). The van der Waals surface area contributed by atoms with E-state index in [-0.39, 0.29) is 12.3 Å². The molecule has 3 aromatic rings. The number of nitrogens with zero attached hydrogens (tertiary/aromatic N) is 1. The van der Waals surface area contributed by atoms with Gasteiger partial charge in [0.05, 0.1) is 20.8 Å². The molecule has 7 nitrogen and oxygen atoms in total. The Morgan fingerprint density at radius 3 is 2.50 bits per heavy atom. The quantitative estimate of drug-likeness (QED) is 0.478. The van der Waals surface area contributed by atoms with Gasteiger partial charge in [0.2, 0.25) is 0 Å². The number of rotatable bonds is 7. The van der Waals surface area contributed by atoms with E-state index in [2.05, 4.69) is 5.32 Å². The number of aromatic nitrogens is 1. The maximum Gasteiger partial charge on any atom is 0.354 e. The second-order valence-corrected chi connectivity index (χ2v) is 6.51. The first-order chi connectivity index (χ1) is 14.5. The minimum absolute atomic E-state index is 0.0491. The zero-order valence-corrected chi connectivity index (χ0v) is 17.4. The SMILES string of the molecule is CCOC(=O)C(=Cc1cn(C)c2ccccc12)NC(=O)c1ccc(OC)c(OC)c1. The van der Waals surface area contributed by atoms with E-state index in [1.807, 2.05) is 42.1 Å². The molecule has 1 N–H and O–H groups in total. The van der Waals surface area contributed by atoms with Gasteiger partial charge in [-0.3, -0.25) is 4.79 Å². The van der Waals surface area contributed by atoms with Gasteiger partial charge >= 0.3 is 5.97 Å². The molecule has 0 saturated carbocycles. The van der Waals surface area contributed by atoms with Crippen LogP contribution in [0.1, 0.15) is 22.8 Å². The number of esters is 1. The minimum Gasteiger partial charge on any atom is -0.493 e. The van der Waals surface area contributed by atoms with E-state index in [0.717, 1.165) is 16.5 Å². The van der Waals surface area contributed by atoms with Gasteiger partial charge < -0.3 is 24.1 Å². The average Bonchev–Trinajstić information content (AvgIpc) is 3.08. The third kappa shape index (κ3) is 4.30. The lowest BCUT2D eigenvalue weighted by Gasteiger charge is -2.11. The van der Waals surface area contributed by atoms with Gasteiger partial charge in [-0.05, 0) is 37.3 Å². The number of carbonyl (C=O) groups is 2. The van der Waals surface area contributed by atoms with Crippen LogP contribution >= 0.6 is 0 Å². The van der Waals surface area contributed by atoms with Crippen LogP contribution in [-0.4, -0.2) is 37.3 Å². The highest BCUT2D eigenvalue weighted by atomic mass is 16.5. The van der Waals surface area contributed by atoms with Crippen LogP contribution in [-0.2, 0) is 16.6 Å². The number of para-hydroxylation sites is 1. The zero-order valence-electron chi connectivity index (χ0n) is 17.4. The molecule has 0 fully saturated rings. The van der Waals surface area contributed by atoms with E-state index >= 15 is 0 Å². The summed E-state index contributed by atoms with van der Waals surface area (Å²) >= 11 is 0. The number of nitrogens with one attached hydrogen (secondary N) is 1. The largest absolute Gasteiger partial charge is 0.493 e. The topological polar surface area (TPSA) is 78.8 Å². The van der Waals surface area contributed by atoms with Crippen molar-refractivity contribution in [1.82, 2.24) is 9.88 Å². The van der Waals surface area contributed by atoms with Gasteiger partial charge in [0.15, 0.2) is 11.5 Å². The molecule has 3 rings (SSSR count). The molecule has 0 aliphatic carbocycles. The molecule has 2 aromatic carbocycles. The molecule has 0 atom stereocenters. The summed E-state index contributed by atoms with van der Waals surface area (Å²) in [5.74, 6) is -0.151. The summed E-state index contributed by atoms with van der Waals surface area (Å²) in [6.45, 7) is 1.90. The van der Waals surface area contributed by atoms with E-state index in [1.165, 1.54) is 14.2 Å². The van der Waals surface area contributed by atoms with E-state index < -0.39 is 11.9 Å². The van der Waals surface area contributed by atoms with Crippen LogP contribution in [0.3, 0.4) is 0 Å². The first kappa shape index (κ1) is 21.0. The van der Waals surface area contributed by atoms with Gasteiger partial charge in [0.1, 0.15) is 5.70 Å².